The van der Waals surface area contributed by atoms with Crippen LogP contribution >= 0.6 is 0 Å². The normalized spacial score (nSPS) is 20.7. The molecule has 0 heterocycles. The first kappa shape index (κ1) is 12.7. The van der Waals surface area contributed by atoms with E-state index in [1.807, 2.05) is 0 Å². The maximum atomic E-state index is 12.4. The first-order valence-corrected chi connectivity index (χ1v) is 5.41. The zero-order valence-corrected chi connectivity index (χ0v) is 9.58. The summed E-state index contributed by atoms with van der Waals surface area (Å²) in [6.07, 6.45) is -4.25. The molecule has 1 aromatic carbocycles. The van der Waals surface area contributed by atoms with Gasteiger partial charge in [0.15, 0.2) is 11.5 Å². The molecule has 1 aliphatic rings. The molecule has 0 unspecified atom stereocenters. The molecule has 0 bridgehead atoms. The van der Waals surface area contributed by atoms with E-state index in [0.29, 0.717) is 11.1 Å². The van der Waals surface area contributed by atoms with Gasteiger partial charge in [-0.15, -0.1) is 0 Å². The van der Waals surface area contributed by atoms with Crippen LogP contribution in [0, 0.1) is 0 Å². The smallest absolute Gasteiger partial charge is 0.416 e. The van der Waals surface area contributed by atoms with E-state index < -0.39 is 11.7 Å². The third kappa shape index (κ3) is 2.12. The summed E-state index contributed by atoms with van der Waals surface area (Å²) in [6.45, 7) is 1.61. The predicted octanol–water partition coefficient (Wildman–Crippen LogP) is 3.59. The molecule has 0 aliphatic heterocycles. The van der Waals surface area contributed by atoms with Crippen LogP contribution in [0.2, 0.25) is 0 Å². The molecule has 0 amide bonds. The Kier molecular flexibility index (Phi) is 2.92. The number of allylic oxidation sites excluding steroid dienone is 2. The summed E-state index contributed by atoms with van der Waals surface area (Å²) in [5.74, 6) is -0.947. The Bertz CT molecular complexity index is 512. The molecule has 0 saturated heterocycles. The molecule has 0 spiro atoms. The van der Waals surface area contributed by atoms with Gasteiger partial charge in [-0.05, 0) is 30.2 Å². The molecule has 0 aromatic heterocycles. The Morgan fingerprint density at radius 3 is 2.17 bits per heavy atom. The average Bonchev–Trinajstić information content (AvgIpc) is 2.56. The van der Waals surface area contributed by atoms with Crippen molar-refractivity contribution in [3.05, 3.63) is 46.7 Å². The molecule has 0 fully saturated rings. The molecule has 2 rings (SSSR count). The van der Waals surface area contributed by atoms with E-state index >= 15 is 0 Å². The van der Waals surface area contributed by atoms with Gasteiger partial charge in [-0.25, -0.2) is 0 Å². The van der Waals surface area contributed by atoms with E-state index in [4.69, 9.17) is 0 Å². The predicted molar refractivity (Wildman–Crippen MR) is 59.1 cm³/mol. The van der Waals surface area contributed by atoms with Crippen LogP contribution in [-0.4, -0.2) is 10.9 Å². The van der Waals surface area contributed by atoms with E-state index in [1.165, 1.54) is 12.1 Å². The highest BCUT2D eigenvalue weighted by atomic mass is 19.4. The number of ketones is 1. The fourth-order valence-corrected chi connectivity index (χ4v) is 2.09. The number of benzene rings is 1. The zero-order chi connectivity index (χ0) is 13.5. The van der Waals surface area contributed by atoms with Gasteiger partial charge in [-0.2, -0.15) is 13.2 Å². The van der Waals surface area contributed by atoms with Crippen LogP contribution in [0.4, 0.5) is 13.2 Å². The van der Waals surface area contributed by atoms with Gasteiger partial charge < -0.3 is 5.11 Å². The maximum Gasteiger partial charge on any atom is 0.416 e. The number of halogens is 3. The van der Waals surface area contributed by atoms with Crippen LogP contribution in [0.3, 0.4) is 0 Å². The van der Waals surface area contributed by atoms with Crippen molar-refractivity contribution in [1.29, 1.82) is 0 Å². The second-order valence-electron chi connectivity index (χ2n) is 4.33. The molecule has 96 valence electrons. The summed E-state index contributed by atoms with van der Waals surface area (Å²) in [6, 6.07) is 4.68. The first-order valence-electron chi connectivity index (χ1n) is 5.41. The van der Waals surface area contributed by atoms with E-state index in [0.717, 1.165) is 12.1 Å². The Morgan fingerprint density at radius 2 is 1.78 bits per heavy atom. The number of carbonyl (C=O) groups is 1. The Morgan fingerprint density at radius 1 is 1.22 bits per heavy atom. The molecule has 0 saturated carbocycles. The van der Waals surface area contributed by atoms with Crippen molar-refractivity contribution >= 4 is 5.78 Å². The Balaban J connectivity index is 2.30. The molecule has 18 heavy (non-hydrogen) atoms. The molecule has 1 N–H and O–H groups in total. The first-order chi connectivity index (χ1) is 8.30. The lowest BCUT2D eigenvalue weighted by Gasteiger charge is -2.12. The van der Waals surface area contributed by atoms with E-state index in [2.05, 4.69) is 0 Å². The Hall–Kier alpha value is -1.78. The van der Waals surface area contributed by atoms with Gasteiger partial charge in [0, 0.05) is 12.3 Å². The Labute approximate surface area is 102 Å². The summed E-state index contributed by atoms with van der Waals surface area (Å²) in [5, 5.41) is 9.43. The maximum absolute atomic E-state index is 12.4. The molecule has 1 atom stereocenters. The monoisotopic (exact) mass is 256 g/mol. The molecular weight excluding hydrogens is 245 g/mol. The molecule has 0 radical (unpaired) electrons. The van der Waals surface area contributed by atoms with Gasteiger partial charge >= 0.3 is 6.18 Å². The lowest BCUT2D eigenvalue weighted by atomic mass is 9.92. The van der Waals surface area contributed by atoms with Gasteiger partial charge in [-0.3, -0.25) is 4.79 Å². The largest absolute Gasteiger partial charge is 0.504 e. The molecular formula is C13H11F3O2. The number of aliphatic hydroxyl groups is 1. The van der Waals surface area contributed by atoms with E-state index in [-0.39, 0.29) is 23.9 Å². The van der Waals surface area contributed by atoms with Crippen molar-refractivity contribution < 1.29 is 23.1 Å². The van der Waals surface area contributed by atoms with Crippen molar-refractivity contribution in [2.24, 2.45) is 0 Å². The quantitative estimate of drug-likeness (QED) is 0.833. The topological polar surface area (TPSA) is 37.3 Å². The third-order valence-corrected chi connectivity index (χ3v) is 3.19. The van der Waals surface area contributed by atoms with Crippen molar-refractivity contribution in [3.63, 3.8) is 0 Å². The summed E-state index contributed by atoms with van der Waals surface area (Å²) < 4.78 is 37.2. The summed E-state index contributed by atoms with van der Waals surface area (Å²) in [7, 11) is 0. The van der Waals surface area contributed by atoms with Gasteiger partial charge in [0.1, 0.15) is 0 Å². The highest BCUT2D eigenvalue weighted by molar-refractivity contribution is 5.97. The fraction of sp³-hybridized carbons (Fsp3) is 0.308. The highest BCUT2D eigenvalue weighted by Crippen LogP contribution is 2.37. The molecule has 1 aliphatic carbocycles. The number of Topliss-reactive ketones (excluding diaryl/α,β-unsaturated/α-hetero) is 1. The molecule has 5 heteroatoms. The lowest BCUT2D eigenvalue weighted by Crippen LogP contribution is -2.05. The average molecular weight is 256 g/mol. The standard InChI is InChI=1S/C13H11F3O2/c1-7-10(6-11(17)12(7)18)8-2-4-9(5-3-8)13(14,15)16/h2-5,10,18H,6H2,1H3/t10-/m0/s1. The number of carbonyl (C=O) groups excluding carboxylic acids is 1. The minimum absolute atomic E-state index is 0.114. The van der Waals surface area contributed by atoms with Crippen LogP contribution in [0.15, 0.2) is 35.6 Å². The van der Waals surface area contributed by atoms with Crippen molar-refractivity contribution in [2.75, 3.05) is 0 Å². The van der Waals surface area contributed by atoms with Crippen molar-refractivity contribution in [3.8, 4) is 0 Å². The SMILES string of the molecule is CC1=C(O)C(=O)C[C@@H]1c1ccc(C(F)(F)F)cc1. The van der Waals surface area contributed by atoms with Crippen LogP contribution in [0.25, 0.3) is 0 Å². The van der Waals surface area contributed by atoms with Crippen LogP contribution in [0.5, 0.6) is 0 Å². The number of alkyl halides is 3. The fourth-order valence-electron chi connectivity index (χ4n) is 2.09. The van der Waals surface area contributed by atoms with Crippen LogP contribution < -0.4 is 0 Å². The van der Waals surface area contributed by atoms with Gasteiger partial charge in [0.05, 0.1) is 5.56 Å². The minimum Gasteiger partial charge on any atom is -0.504 e. The number of hydrogen-bond donors (Lipinski definition) is 1. The number of hydrogen-bond acceptors (Lipinski definition) is 2. The van der Waals surface area contributed by atoms with Gasteiger partial charge in [0.25, 0.3) is 0 Å². The van der Waals surface area contributed by atoms with Crippen LogP contribution in [-0.2, 0) is 11.0 Å². The van der Waals surface area contributed by atoms with E-state index in [9.17, 15) is 23.1 Å². The highest BCUT2D eigenvalue weighted by Gasteiger charge is 2.33. The second-order valence-corrected chi connectivity index (χ2v) is 4.33. The minimum atomic E-state index is -4.36. The van der Waals surface area contributed by atoms with E-state index in [1.54, 1.807) is 6.92 Å². The summed E-state index contributed by atoms with van der Waals surface area (Å²) in [5.41, 5.74) is 0.402. The summed E-state index contributed by atoms with van der Waals surface area (Å²) in [4.78, 5) is 11.3. The second kappa shape index (κ2) is 4.15. The molecule has 1 aromatic rings. The van der Waals surface area contributed by atoms with Crippen molar-refractivity contribution in [2.45, 2.75) is 25.4 Å². The van der Waals surface area contributed by atoms with Gasteiger partial charge in [0.2, 0.25) is 0 Å². The van der Waals surface area contributed by atoms with Crippen molar-refractivity contribution in [1.82, 2.24) is 0 Å². The lowest BCUT2D eigenvalue weighted by molar-refractivity contribution is -0.137. The zero-order valence-electron chi connectivity index (χ0n) is 9.58. The number of aliphatic hydroxyl groups excluding tert-OH is 1. The van der Waals surface area contributed by atoms with Gasteiger partial charge in [-0.1, -0.05) is 12.1 Å². The third-order valence-electron chi connectivity index (χ3n) is 3.19. The van der Waals surface area contributed by atoms with Crippen LogP contribution in [0.1, 0.15) is 30.4 Å². The number of rotatable bonds is 1. The summed E-state index contributed by atoms with van der Waals surface area (Å²) >= 11 is 0. The molecule has 2 nitrogen and oxygen atoms in total.